The first-order chi connectivity index (χ1) is 12.0. The van der Waals surface area contributed by atoms with Gasteiger partial charge in [0.1, 0.15) is 12.4 Å². The van der Waals surface area contributed by atoms with E-state index in [1.165, 1.54) is 5.56 Å². The van der Waals surface area contributed by atoms with Crippen molar-refractivity contribution < 1.29 is 9.53 Å². The smallest absolute Gasteiger partial charge is 0.227 e. The molecule has 1 fully saturated rings. The number of carbonyl (C=O) groups is 1. The molecule has 1 aromatic heterocycles. The van der Waals surface area contributed by atoms with Crippen molar-refractivity contribution in [1.29, 1.82) is 0 Å². The van der Waals surface area contributed by atoms with Crippen LogP contribution in [0, 0.1) is 12.8 Å². The summed E-state index contributed by atoms with van der Waals surface area (Å²) in [6.45, 7) is 4.63. The molecule has 1 aliphatic rings. The number of nitrogens with one attached hydrogen (secondary N) is 1. The van der Waals surface area contributed by atoms with Crippen LogP contribution in [0.2, 0.25) is 0 Å². The molecule has 6 nitrogen and oxygen atoms in total. The molecule has 1 amide bonds. The zero-order valence-electron chi connectivity index (χ0n) is 15.5. The zero-order chi connectivity index (χ0) is 17.8. The Morgan fingerprint density at radius 2 is 2.08 bits per heavy atom. The van der Waals surface area contributed by atoms with E-state index < -0.39 is 0 Å². The number of aromatic nitrogens is 2. The van der Waals surface area contributed by atoms with Gasteiger partial charge in [0.2, 0.25) is 5.91 Å². The maximum Gasteiger partial charge on any atom is 0.227 e. The van der Waals surface area contributed by atoms with Crippen LogP contribution in [0.5, 0.6) is 5.75 Å². The highest BCUT2D eigenvalue weighted by Gasteiger charge is 2.36. The van der Waals surface area contributed by atoms with E-state index in [2.05, 4.69) is 10.4 Å². The molecule has 2 aromatic rings. The molecule has 0 saturated carbocycles. The van der Waals surface area contributed by atoms with E-state index in [4.69, 9.17) is 4.74 Å². The quantitative estimate of drug-likeness (QED) is 0.835. The van der Waals surface area contributed by atoms with Crippen LogP contribution in [-0.2, 0) is 11.8 Å². The van der Waals surface area contributed by atoms with Crippen LogP contribution in [-0.4, -0.2) is 53.9 Å². The predicted octanol–water partition coefficient (Wildman–Crippen LogP) is 1.99. The second-order valence-corrected chi connectivity index (χ2v) is 6.74. The molecule has 3 rings (SSSR count). The summed E-state index contributed by atoms with van der Waals surface area (Å²) in [6, 6.07) is 7.95. The summed E-state index contributed by atoms with van der Waals surface area (Å²) in [6.07, 6.45) is 3.86. The minimum atomic E-state index is -0.0476. The fourth-order valence-electron chi connectivity index (χ4n) is 3.25. The van der Waals surface area contributed by atoms with Gasteiger partial charge in [-0.05, 0) is 24.6 Å². The third-order valence-corrected chi connectivity index (χ3v) is 4.78. The summed E-state index contributed by atoms with van der Waals surface area (Å²) in [5.41, 5.74) is 2.32. The Hall–Kier alpha value is -2.05. The van der Waals surface area contributed by atoms with E-state index >= 15 is 0 Å². The van der Waals surface area contributed by atoms with Gasteiger partial charge < -0.3 is 15.0 Å². The van der Waals surface area contributed by atoms with Crippen molar-refractivity contribution >= 4 is 18.3 Å². The van der Waals surface area contributed by atoms with Gasteiger partial charge >= 0.3 is 0 Å². The molecule has 1 N–H and O–H groups in total. The van der Waals surface area contributed by atoms with Crippen LogP contribution in [0.3, 0.4) is 0 Å². The Balaban J connectivity index is 0.00000243. The predicted molar refractivity (Wildman–Crippen MR) is 104 cm³/mol. The summed E-state index contributed by atoms with van der Waals surface area (Å²) in [5, 5.41) is 7.57. The van der Waals surface area contributed by atoms with Gasteiger partial charge in [-0.2, -0.15) is 5.10 Å². The molecule has 2 atom stereocenters. The van der Waals surface area contributed by atoms with Crippen LogP contribution in [0.1, 0.15) is 17.0 Å². The highest BCUT2D eigenvalue weighted by Crippen LogP contribution is 2.29. The molecule has 1 saturated heterocycles. The molecule has 0 bridgehead atoms. The number of amides is 1. The van der Waals surface area contributed by atoms with Gasteiger partial charge in [-0.15, -0.1) is 12.4 Å². The van der Waals surface area contributed by atoms with Crippen LogP contribution in [0.15, 0.2) is 36.7 Å². The van der Waals surface area contributed by atoms with E-state index in [1.54, 1.807) is 9.58 Å². The highest BCUT2D eigenvalue weighted by atomic mass is 35.5. The van der Waals surface area contributed by atoms with E-state index in [9.17, 15) is 4.79 Å². The van der Waals surface area contributed by atoms with Gasteiger partial charge in [-0.3, -0.25) is 9.48 Å². The summed E-state index contributed by atoms with van der Waals surface area (Å²) >= 11 is 0. The molecule has 7 heteroatoms. The number of benzene rings is 1. The van der Waals surface area contributed by atoms with Crippen molar-refractivity contribution in [2.75, 3.05) is 33.3 Å². The average Bonchev–Trinajstić information content (AvgIpc) is 3.24. The van der Waals surface area contributed by atoms with Gasteiger partial charge in [0, 0.05) is 39.3 Å². The van der Waals surface area contributed by atoms with Crippen LogP contribution >= 0.6 is 12.4 Å². The first-order valence-electron chi connectivity index (χ1n) is 8.68. The lowest BCUT2D eigenvalue weighted by molar-refractivity contribution is -0.134. The Morgan fingerprint density at radius 3 is 2.73 bits per heavy atom. The molecule has 1 aromatic carbocycles. The molecule has 0 radical (unpaired) electrons. The SMILES string of the molecule is Cc1ccc(OCCN(C)C(=O)[C@H]2CNC[C@@H]2c2cnn(C)c2)cc1.Cl. The van der Waals surface area contributed by atoms with Gasteiger partial charge in [0.05, 0.1) is 18.7 Å². The number of hydrogen-bond acceptors (Lipinski definition) is 4. The summed E-state index contributed by atoms with van der Waals surface area (Å²) in [7, 11) is 3.75. The number of halogens is 1. The maximum atomic E-state index is 12.8. The van der Waals surface area contributed by atoms with Crippen LogP contribution < -0.4 is 10.1 Å². The number of nitrogens with zero attached hydrogens (tertiary/aromatic N) is 3. The minimum Gasteiger partial charge on any atom is -0.492 e. The zero-order valence-corrected chi connectivity index (χ0v) is 16.3. The Kier molecular flexibility index (Phi) is 7.06. The van der Waals surface area contributed by atoms with Gasteiger partial charge in [-0.1, -0.05) is 17.7 Å². The molecule has 0 spiro atoms. The summed E-state index contributed by atoms with van der Waals surface area (Å²) in [5.74, 6) is 1.13. The van der Waals surface area contributed by atoms with Crippen molar-refractivity contribution in [3.8, 4) is 5.75 Å². The number of rotatable bonds is 6. The number of likely N-dealkylation sites (N-methyl/N-ethyl adjacent to an activating group) is 1. The van der Waals surface area contributed by atoms with Crippen molar-refractivity contribution in [3.63, 3.8) is 0 Å². The van der Waals surface area contributed by atoms with E-state index in [0.29, 0.717) is 19.7 Å². The fourth-order valence-corrected chi connectivity index (χ4v) is 3.25. The molecular formula is C19H27ClN4O2. The maximum absolute atomic E-state index is 12.8. The van der Waals surface area contributed by atoms with Gasteiger partial charge in [0.25, 0.3) is 0 Å². The lowest BCUT2D eigenvalue weighted by Crippen LogP contribution is -2.38. The number of hydrogen-bond donors (Lipinski definition) is 1. The standard InChI is InChI=1S/C19H26N4O2.ClH/c1-14-4-6-16(7-5-14)25-9-8-22(2)19(24)18-12-20-11-17(18)15-10-21-23(3)13-15;/h4-7,10,13,17-18,20H,8-9,11-12H2,1-3H3;1H/t17-,18+;/m1./s1. The van der Waals surface area contributed by atoms with Gasteiger partial charge in [-0.25, -0.2) is 0 Å². The normalized spacial score (nSPS) is 19.0. The second-order valence-electron chi connectivity index (χ2n) is 6.74. The average molecular weight is 379 g/mol. The van der Waals surface area contributed by atoms with E-state index in [1.807, 2.05) is 57.7 Å². The molecule has 26 heavy (non-hydrogen) atoms. The molecule has 1 aliphatic heterocycles. The Morgan fingerprint density at radius 1 is 1.35 bits per heavy atom. The van der Waals surface area contributed by atoms with E-state index in [-0.39, 0.29) is 30.2 Å². The largest absolute Gasteiger partial charge is 0.492 e. The first kappa shape index (κ1) is 20.3. The molecular weight excluding hydrogens is 352 g/mol. The number of aryl methyl sites for hydroxylation is 2. The Bertz CT molecular complexity index is 717. The van der Waals surface area contributed by atoms with Crippen LogP contribution in [0.4, 0.5) is 0 Å². The minimum absolute atomic E-state index is 0. The van der Waals surface area contributed by atoms with Crippen molar-refractivity contribution in [2.24, 2.45) is 13.0 Å². The number of carbonyl (C=O) groups excluding carboxylic acids is 1. The van der Waals surface area contributed by atoms with Crippen molar-refractivity contribution in [1.82, 2.24) is 20.0 Å². The second kappa shape index (κ2) is 9.05. The first-order valence-corrected chi connectivity index (χ1v) is 8.68. The fraction of sp³-hybridized carbons (Fsp3) is 0.474. The Labute approximate surface area is 160 Å². The lowest BCUT2D eigenvalue weighted by Gasteiger charge is -2.24. The molecule has 0 aliphatic carbocycles. The molecule has 0 unspecified atom stereocenters. The third-order valence-electron chi connectivity index (χ3n) is 4.78. The monoisotopic (exact) mass is 378 g/mol. The topological polar surface area (TPSA) is 59.4 Å². The van der Waals surface area contributed by atoms with Crippen molar-refractivity contribution in [2.45, 2.75) is 12.8 Å². The van der Waals surface area contributed by atoms with Crippen molar-refractivity contribution in [3.05, 3.63) is 47.8 Å². The summed E-state index contributed by atoms with van der Waals surface area (Å²) in [4.78, 5) is 14.6. The third kappa shape index (κ3) is 4.77. The molecule has 2 heterocycles. The summed E-state index contributed by atoms with van der Waals surface area (Å²) < 4.78 is 7.52. The lowest BCUT2D eigenvalue weighted by atomic mass is 9.90. The van der Waals surface area contributed by atoms with E-state index in [0.717, 1.165) is 17.9 Å². The highest BCUT2D eigenvalue weighted by molar-refractivity contribution is 5.85. The van der Waals surface area contributed by atoms with Gasteiger partial charge in [0.15, 0.2) is 0 Å². The molecule has 142 valence electrons. The number of ether oxygens (including phenoxy) is 1. The van der Waals surface area contributed by atoms with Crippen LogP contribution in [0.25, 0.3) is 0 Å².